The number of nitrogens with one attached hydrogen (secondary N) is 1. The number of carbonyl (C=O) groups excluding carboxylic acids is 2. The minimum Gasteiger partial charge on any atom is -0.352 e. The highest BCUT2D eigenvalue weighted by Gasteiger charge is 2.33. The van der Waals surface area contributed by atoms with Crippen molar-refractivity contribution in [3.05, 3.63) is 100 Å². The summed E-state index contributed by atoms with van der Waals surface area (Å²) >= 11 is 3.47. The van der Waals surface area contributed by atoms with Gasteiger partial charge in [0.25, 0.3) is 0 Å². The summed E-state index contributed by atoms with van der Waals surface area (Å²) in [6.07, 6.45) is 0.285. The Balaban J connectivity index is 1.97. The number of carbonyl (C=O) groups is 2. The quantitative estimate of drug-likeness (QED) is 0.350. The lowest BCUT2D eigenvalue weighted by atomic mass is 10.0. The lowest BCUT2D eigenvalue weighted by Crippen LogP contribution is -2.53. The van der Waals surface area contributed by atoms with Gasteiger partial charge in [-0.3, -0.25) is 9.59 Å². The van der Waals surface area contributed by atoms with Crippen molar-refractivity contribution in [2.45, 2.75) is 50.7 Å². The maximum Gasteiger partial charge on any atom is 0.243 e. The molecule has 9 heteroatoms. The average Bonchev–Trinajstić information content (AvgIpc) is 2.86. The van der Waals surface area contributed by atoms with Crippen LogP contribution in [-0.4, -0.2) is 55.1 Å². The monoisotopic (exact) mass is 599 g/mol. The Morgan fingerprint density at radius 1 is 0.921 bits per heavy atom. The Labute approximate surface area is 234 Å². The van der Waals surface area contributed by atoms with Gasteiger partial charge in [-0.05, 0) is 56.2 Å². The van der Waals surface area contributed by atoms with Crippen LogP contribution in [0.5, 0.6) is 0 Å². The number of hydrogen-bond donors (Lipinski definition) is 1. The molecule has 3 aromatic rings. The molecular formula is C29H34BrN3O4S. The van der Waals surface area contributed by atoms with Crippen molar-refractivity contribution in [1.29, 1.82) is 0 Å². The number of nitrogens with zero attached hydrogens (tertiary/aromatic N) is 2. The van der Waals surface area contributed by atoms with E-state index in [4.69, 9.17) is 0 Å². The fourth-order valence-electron chi connectivity index (χ4n) is 4.02. The molecule has 0 bridgehead atoms. The van der Waals surface area contributed by atoms with E-state index in [2.05, 4.69) is 21.2 Å². The van der Waals surface area contributed by atoms with Gasteiger partial charge in [0, 0.05) is 30.5 Å². The Kier molecular flexibility index (Phi) is 10.2. The SMILES string of the molecule is Cc1ccc(S(=O)(=O)N(C)CC(=O)N(Cc2cccc(Br)c2)[C@@H](Cc2ccccc2)C(=O)NC(C)C)cc1. The van der Waals surface area contributed by atoms with Gasteiger partial charge in [0.1, 0.15) is 6.04 Å². The molecule has 38 heavy (non-hydrogen) atoms. The van der Waals surface area contributed by atoms with Crippen LogP contribution < -0.4 is 5.32 Å². The minimum atomic E-state index is -3.91. The van der Waals surface area contributed by atoms with Gasteiger partial charge in [-0.15, -0.1) is 0 Å². The largest absolute Gasteiger partial charge is 0.352 e. The Hall–Kier alpha value is -3.01. The van der Waals surface area contributed by atoms with Crippen LogP contribution in [0.4, 0.5) is 0 Å². The Morgan fingerprint density at radius 2 is 1.55 bits per heavy atom. The molecule has 0 spiro atoms. The second-order valence-corrected chi connectivity index (χ2v) is 12.6. The van der Waals surface area contributed by atoms with Crippen molar-refractivity contribution in [2.75, 3.05) is 13.6 Å². The van der Waals surface area contributed by atoms with E-state index >= 15 is 0 Å². The number of benzene rings is 3. The molecule has 0 radical (unpaired) electrons. The zero-order chi connectivity index (χ0) is 27.9. The normalized spacial score (nSPS) is 12.4. The summed E-state index contributed by atoms with van der Waals surface area (Å²) < 4.78 is 28.3. The van der Waals surface area contributed by atoms with Gasteiger partial charge in [0.05, 0.1) is 11.4 Å². The average molecular weight is 601 g/mol. The van der Waals surface area contributed by atoms with E-state index in [1.54, 1.807) is 12.1 Å². The van der Waals surface area contributed by atoms with E-state index in [1.807, 2.05) is 75.4 Å². The molecule has 0 unspecified atom stereocenters. The highest BCUT2D eigenvalue weighted by molar-refractivity contribution is 9.10. The third-order valence-corrected chi connectivity index (χ3v) is 8.34. The Morgan fingerprint density at radius 3 is 2.16 bits per heavy atom. The van der Waals surface area contributed by atoms with Crippen LogP contribution in [0.25, 0.3) is 0 Å². The summed E-state index contributed by atoms with van der Waals surface area (Å²) in [6.45, 7) is 5.32. The van der Waals surface area contributed by atoms with Crippen LogP contribution in [0, 0.1) is 6.92 Å². The number of amides is 2. The van der Waals surface area contributed by atoms with Crippen molar-refractivity contribution >= 4 is 37.8 Å². The van der Waals surface area contributed by atoms with Gasteiger partial charge < -0.3 is 10.2 Å². The first-order valence-electron chi connectivity index (χ1n) is 12.4. The molecule has 0 saturated heterocycles. The molecule has 0 heterocycles. The molecule has 7 nitrogen and oxygen atoms in total. The molecular weight excluding hydrogens is 566 g/mol. The molecule has 3 rings (SSSR count). The molecule has 0 aliphatic rings. The van der Waals surface area contributed by atoms with Crippen LogP contribution >= 0.6 is 15.9 Å². The molecule has 3 aromatic carbocycles. The fraction of sp³-hybridized carbons (Fsp3) is 0.310. The number of halogens is 1. The molecule has 1 N–H and O–H groups in total. The van der Waals surface area contributed by atoms with E-state index in [1.165, 1.54) is 24.1 Å². The first-order chi connectivity index (χ1) is 18.0. The van der Waals surface area contributed by atoms with Crippen molar-refractivity contribution in [1.82, 2.24) is 14.5 Å². The topological polar surface area (TPSA) is 86.8 Å². The highest BCUT2D eigenvalue weighted by Crippen LogP contribution is 2.20. The number of likely N-dealkylation sites (N-methyl/N-ethyl adjacent to an activating group) is 1. The van der Waals surface area contributed by atoms with E-state index in [0.29, 0.717) is 0 Å². The van der Waals surface area contributed by atoms with Crippen LogP contribution in [0.3, 0.4) is 0 Å². The molecule has 0 aliphatic carbocycles. The first kappa shape index (κ1) is 29.5. The minimum absolute atomic E-state index is 0.107. The second kappa shape index (κ2) is 13.2. The summed E-state index contributed by atoms with van der Waals surface area (Å²) in [5.74, 6) is -0.765. The summed E-state index contributed by atoms with van der Waals surface area (Å²) in [5, 5.41) is 2.94. The number of rotatable bonds is 11. The van der Waals surface area contributed by atoms with E-state index < -0.39 is 28.5 Å². The summed E-state index contributed by atoms with van der Waals surface area (Å²) in [4.78, 5) is 28.9. The van der Waals surface area contributed by atoms with Crippen molar-refractivity contribution in [3.8, 4) is 0 Å². The summed E-state index contributed by atoms with van der Waals surface area (Å²) in [7, 11) is -2.53. The molecule has 1 atom stereocenters. The predicted molar refractivity (Wildman–Crippen MR) is 153 cm³/mol. The maximum absolute atomic E-state index is 13.8. The molecule has 2 amide bonds. The van der Waals surface area contributed by atoms with Crippen molar-refractivity contribution in [3.63, 3.8) is 0 Å². The van der Waals surface area contributed by atoms with Gasteiger partial charge in [-0.2, -0.15) is 4.31 Å². The summed E-state index contributed by atoms with van der Waals surface area (Å²) in [5.41, 5.74) is 2.64. The smallest absolute Gasteiger partial charge is 0.243 e. The van der Waals surface area contributed by atoms with Gasteiger partial charge >= 0.3 is 0 Å². The third kappa shape index (κ3) is 7.99. The Bertz CT molecular complexity index is 1350. The van der Waals surface area contributed by atoms with Gasteiger partial charge in [-0.1, -0.05) is 76.1 Å². The van der Waals surface area contributed by atoms with E-state index in [9.17, 15) is 18.0 Å². The number of hydrogen-bond acceptors (Lipinski definition) is 4. The van der Waals surface area contributed by atoms with Gasteiger partial charge in [0.2, 0.25) is 21.8 Å². The number of aryl methyl sites for hydroxylation is 1. The lowest BCUT2D eigenvalue weighted by molar-refractivity contribution is -0.141. The lowest BCUT2D eigenvalue weighted by Gasteiger charge is -2.33. The first-order valence-corrected chi connectivity index (χ1v) is 14.6. The zero-order valence-electron chi connectivity index (χ0n) is 22.1. The van der Waals surface area contributed by atoms with Gasteiger partial charge in [0.15, 0.2) is 0 Å². The maximum atomic E-state index is 13.8. The van der Waals surface area contributed by atoms with Crippen LogP contribution in [0.2, 0.25) is 0 Å². The summed E-state index contributed by atoms with van der Waals surface area (Å²) in [6, 6.07) is 22.5. The van der Waals surface area contributed by atoms with Crippen LogP contribution in [0.15, 0.2) is 88.2 Å². The van der Waals surface area contributed by atoms with Crippen LogP contribution in [-0.2, 0) is 32.6 Å². The number of sulfonamides is 1. The van der Waals surface area contributed by atoms with Crippen molar-refractivity contribution < 1.29 is 18.0 Å². The van der Waals surface area contributed by atoms with E-state index in [0.717, 1.165) is 25.5 Å². The fourth-order valence-corrected chi connectivity index (χ4v) is 5.59. The molecule has 0 aromatic heterocycles. The third-order valence-electron chi connectivity index (χ3n) is 6.03. The van der Waals surface area contributed by atoms with Crippen LogP contribution in [0.1, 0.15) is 30.5 Å². The standard InChI is InChI=1S/C29H34BrN3O4S/c1-21(2)31-29(35)27(18-23-9-6-5-7-10-23)33(19-24-11-8-12-25(30)17-24)28(34)20-32(4)38(36,37)26-15-13-22(3)14-16-26/h5-17,21,27H,18-20H2,1-4H3,(H,31,35)/t27-/m0/s1. The molecule has 0 saturated carbocycles. The highest BCUT2D eigenvalue weighted by atomic mass is 79.9. The zero-order valence-corrected chi connectivity index (χ0v) is 24.5. The van der Waals surface area contributed by atoms with E-state index in [-0.39, 0.29) is 29.8 Å². The molecule has 0 aliphatic heterocycles. The molecule has 202 valence electrons. The van der Waals surface area contributed by atoms with Gasteiger partial charge in [-0.25, -0.2) is 8.42 Å². The second-order valence-electron chi connectivity index (χ2n) is 9.59. The predicted octanol–water partition coefficient (Wildman–Crippen LogP) is 4.54. The molecule has 0 fully saturated rings. The van der Waals surface area contributed by atoms with Crippen molar-refractivity contribution in [2.24, 2.45) is 0 Å².